The Balaban J connectivity index is 0.728. The van der Waals surface area contributed by atoms with Crippen LogP contribution in [-0.4, -0.2) is 446 Å². The van der Waals surface area contributed by atoms with E-state index in [0.717, 1.165) is 50.4 Å². The zero-order valence-corrected chi connectivity index (χ0v) is 78.1. The Morgan fingerprint density at radius 1 is 0.456 bits per heavy atom. The average molecular weight is 1960 g/mol. The zero-order chi connectivity index (χ0) is 98.7. The van der Waals surface area contributed by atoms with Gasteiger partial charge in [-0.25, -0.2) is 0 Å². The third-order valence-electron chi connectivity index (χ3n) is 33.0. The maximum absolute atomic E-state index is 16.7. The first-order valence-corrected chi connectivity index (χ1v) is 48.4. The number of aliphatic hydroxyl groups is 23. The van der Waals surface area contributed by atoms with Gasteiger partial charge in [0.05, 0.1) is 88.7 Å². The minimum absolute atomic E-state index is 0.0115. The lowest BCUT2D eigenvalue weighted by Crippen LogP contribution is -2.71. The molecule has 0 aromatic rings. The summed E-state index contributed by atoms with van der Waals surface area (Å²) in [5, 5.41) is 258. The van der Waals surface area contributed by atoms with Gasteiger partial charge in [-0.2, -0.15) is 0 Å². The van der Waals surface area contributed by atoms with Crippen LogP contribution in [0.3, 0.4) is 0 Å². The molecule has 24 N–H and O–H groups in total. The van der Waals surface area contributed by atoms with Crippen LogP contribution in [0.2, 0.25) is 0 Å². The lowest BCUT2D eigenvalue weighted by molar-refractivity contribution is -0.386. The van der Waals surface area contributed by atoms with Crippen LogP contribution in [0.25, 0.3) is 0 Å². The highest BCUT2D eigenvalue weighted by Gasteiger charge is 2.74. The monoisotopic (exact) mass is 1960 g/mol. The number of nitrogens with one attached hydrogen (secondary N) is 1. The molecule has 782 valence electrons. The van der Waals surface area contributed by atoms with Crippen LogP contribution in [-0.2, 0) is 99.6 Å². The molecule has 9 saturated heterocycles. The van der Waals surface area contributed by atoms with Crippen molar-refractivity contribution in [3.05, 3.63) is 11.6 Å². The van der Waals surface area contributed by atoms with Crippen LogP contribution in [0.5, 0.6) is 0 Å². The van der Waals surface area contributed by atoms with E-state index < -0.39 is 360 Å². The van der Waals surface area contributed by atoms with E-state index in [-0.39, 0.29) is 38.2 Å². The molecule has 136 heavy (non-hydrogen) atoms. The van der Waals surface area contributed by atoms with E-state index in [2.05, 4.69) is 46.0 Å². The zero-order valence-electron chi connectivity index (χ0n) is 78.1. The van der Waals surface area contributed by atoms with E-state index in [1.807, 2.05) is 0 Å². The Morgan fingerprint density at radius 3 is 1.60 bits per heavy atom. The van der Waals surface area contributed by atoms with Gasteiger partial charge in [-0.3, -0.25) is 9.59 Å². The van der Waals surface area contributed by atoms with E-state index in [4.69, 9.17) is 85.3 Å². The molecule has 49 atom stereocenters. The van der Waals surface area contributed by atoms with E-state index in [1.165, 1.54) is 13.8 Å². The Kier molecular flexibility index (Phi) is 35.2. The maximum Gasteiger partial charge on any atom is 0.317 e. The molecule has 0 radical (unpaired) electrons. The number of esters is 1. The fourth-order valence-corrected chi connectivity index (χ4v) is 24.5. The Bertz CT molecular complexity index is 3920. The molecule has 45 nitrogen and oxygen atoms in total. The number of rotatable bonds is 35. The summed E-state index contributed by atoms with van der Waals surface area (Å²) in [6, 6.07) is -1.62. The van der Waals surface area contributed by atoms with Crippen LogP contribution < -0.4 is 5.32 Å². The van der Waals surface area contributed by atoms with Crippen molar-refractivity contribution in [2.24, 2.45) is 50.2 Å². The molecule has 0 aromatic heterocycles. The van der Waals surface area contributed by atoms with Gasteiger partial charge in [0.2, 0.25) is 12.2 Å². The number of carbonyl (C=O) groups is 3. The Labute approximate surface area is 787 Å². The number of fused-ring (bicyclic) bond motifs is 7. The van der Waals surface area contributed by atoms with Crippen LogP contribution in [0.1, 0.15) is 177 Å². The highest BCUT2D eigenvalue weighted by molar-refractivity contribution is 5.80. The summed E-state index contributed by atoms with van der Waals surface area (Å²) >= 11 is 0. The van der Waals surface area contributed by atoms with Crippen molar-refractivity contribution in [1.82, 2.24) is 5.32 Å². The third-order valence-corrected chi connectivity index (χ3v) is 33.0. The van der Waals surface area contributed by atoms with Crippen molar-refractivity contribution in [2.75, 3.05) is 59.5 Å². The van der Waals surface area contributed by atoms with Crippen LogP contribution in [0.15, 0.2) is 11.6 Å². The van der Waals surface area contributed by atoms with Gasteiger partial charge < -0.3 is 213 Å². The smallest absolute Gasteiger partial charge is 0.317 e. The minimum Gasteiger partial charge on any atom is -0.432 e. The maximum atomic E-state index is 16.7. The molecule has 9 heterocycles. The Morgan fingerprint density at radius 2 is 0.971 bits per heavy atom. The van der Waals surface area contributed by atoms with Crippen molar-refractivity contribution in [1.29, 1.82) is 0 Å². The molecular formula is C91H149NO44. The van der Waals surface area contributed by atoms with Gasteiger partial charge in [-0.05, 0) is 124 Å². The number of aliphatic hydroxyl groups excluding tert-OH is 22. The summed E-state index contributed by atoms with van der Waals surface area (Å²) in [5.74, 6) is -3.16. The number of aldehydes is 1. The molecule has 1 amide bonds. The third kappa shape index (κ3) is 21.0. The number of carbonyl (C=O) groups excluding carboxylic acids is 3. The molecule has 0 aromatic carbocycles. The molecule has 9 aliphatic heterocycles. The van der Waals surface area contributed by atoms with Gasteiger partial charge in [0.25, 0.3) is 0 Å². The number of allylic oxidation sites excluding steroid dienone is 2. The van der Waals surface area contributed by atoms with E-state index >= 15 is 4.79 Å². The molecule has 14 rings (SSSR count). The number of hydrogen-bond acceptors (Lipinski definition) is 44. The van der Waals surface area contributed by atoms with Gasteiger partial charge in [0.1, 0.15) is 170 Å². The molecular weight excluding hydrogens is 1810 g/mol. The van der Waals surface area contributed by atoms with Crippen LogP contribution >= 0.6 is 0 Å². The topological polar surface area (TPSA) is 695 Å². The average Bonchev–Trinajstić information content (AvgIpc) is 0.685. The van der Waals surface area contributed by atoms with Gasteiger partial charge in [0, 0.05) is 13.0 Å². The van der Waals surface area contributed by atoms with E-state index in [1.54, 1.807) is 6.92 Å². The quantitative estimate of drug-likeness (QED) is 0.00922. The largest absolute Gasteiger partial charge is 0.432 e. The predicted octanol–water partition coefficient (Wildman–Crippen LogP) is -6.50. The molecule has 17 unspecified atom stereocenters. The van der Waals surface area contributed by atoms with Crippen molar-refractivity contribution in [3.63, 3.8) is 0 Å². The van der Waals surface area contributed by atoms with Crippen molar-refractivity contribution in [3.8, 4) is 0 Å². The second-order valence-corrected chi connectivity index (χ2v) is 42.2. The highest BCUT2D eigenvalue weighted by Crippen LogP contribution is 2.76. The Hall–Kier alpha value is -3.25. The molecule has 13 fully saturated rings. The number of unbranched alkanes of at least 4 members (excludes halogenated alkanes) is 8. The fraction of sp³-hybridized carbons (Fsp3) is 0.945. The predicted molar refractivity (Wildman–Crippen MR) is 454 cm³/mol. The molecule has 0 bridgehead atoms. The van der Waals surface area contributed by atoms with E-state index in [0.29, 0.717) is 57.8 Å². The normalized spacial score (nSPS) is 50.8. The van der Waals surface area contributed by atoms with Crippen molar-refractivity contribution < 1.29 is 217 Å². The standard InChI is InChI=1S/C91H149NO44/c1-39-55(103)59(107)64(112)78(124-39)133-71-54(92-53(102)18-16-14-12-10-9-11-13-15-17-27-119-75-63(111)58(106)48(32-95)127-75)46(30-93)126-82(73(71)135-79-66(114)61(109)68(40(2)125-79)130-77-67(115)69(44(99)34-121-77)131-83-74(116)90(118,37-97)38-123-83)136-84(117)91-26-25-85(3,4)28-42(91)41-19-20-50-86(5)23-22-52(87(6,36-96)49(86)21-24-88(50,7)89(41,8)29-51(91)101)129-81-72(134-80-65(113)60(108)57(105)47(31-94)128-80)70(45(100)35-122-81)132-76-62(110)56(104)43(98)33-120-76/h19,36,39-40,42-52,54-83,93-95,97-101,103-116,118H,9-18,20-35,37-38H2,1-8H3,(H,92,102)/t39?,40?,42?,43-,44-,45-,46?,47?,48+,49-,50?,51?,52+,54+,55+,56+,57+,58-,59+,60+,61?,62?,63?,64?,65?,66+,67-,68+,69?,70+,71?,72?,73-,74?,75-,76+,77+,78+,79+,80+,81+,82+,83+,86?,87-,88+,89-,90+,91-/m1/s1. The molecule has 45 heteroatoms. The van der Waals surface area contributed by atoms with Crippen molar-refractivity contribution in [2.45, 2.75) is 429 Å². The first kappa shape index (κ1) is 108. The first-order chi connectivity index (χ1) is 64.3. The molecule has 0 spiro atoms. The highest BCUT2D eigenvalue weighted by atomic mass is 16.8. The van der Waals surface area contributed by atoms with Gasteiger partial charge in [-0.1, -0.05) is 98.1 Å². The lowest BCUT2D eigenvalue weighted by Gasteiger charge is -2.71. The van der Waals surface area contributed by atoms with Crippen LogP contribution in [0, 0.1) is 50.2 Å². The summed E-state index contributed by atoms with van der Waals surface area (Å²) in [6.45, 7) is 9.87. The second kappa shape index (κ2) is 44.2. The molecule has 5 aliphatic carbocycles. The summed E-state index contributed by atoms with van der Waals surface area (Å²) in [7, 11) is 0. The lowest BCUT2D eigenvalue weighted by atomic mass is 9.33. The first-order valence-electron chi connectivity index (χ1n) is 48.4. The SMILES string of the molecule is CC1O[C@@H](O[C@@H]2C(O[C@@H]3OC(C)[C@H](O)[C@H](O)C3O)[C@@H](NC(=O)CCCCCCCCCCCO[C@@H]3O[C@@H](CO)[C@@H](O)C3O)C(CO)O[C@H]2OC(=O)[C@]23CCC(C)(C)CC2C2=CCC4C5(C)CC[C@H](O[C@@H]6OC[C@@H](O)[C@H](O[C@@H]7OC[C@@H](O)[C@H](O)C7O)C6O[C@@H]6OC(CO)[C@H](O)[C@H](O)C6O)[C@](C)(C=O)[C@@H]5CC[C@]4(C)[C@]2(C)CC3O)[C@@H](O)C(O)[C@H]1O[C@@H]1OC[C@@H](O)C(O[C@@H]2OC[C@@](O)(CO)C2O)[C@H]1O. The summed E-state index contributed by atoms with van der Waals surface area (Å²) in [4.78, 5) is 45.8. The van der Waals surface area contributed by atoms with Gasteiger partial charge in [0.15, 0.2) is 56.4 Å². The van der Waals surface area contributed by atoms with Gasteiger partial charge >= 0.3 is 5.97 Å². The van der Waals surface area contributed by atoms with Crippen LogP contribution in [0.4, 0.5) is 0 Å². The summed E-state index contributed by atoms with van der Waals surface area (Å²) in [6.07, 6.45) is -54.5. The summed E-state index contributed by atoms with van der Waals surface area (Å²) < 4.78 is 110. The van der Waals surface area contributed by atoms with Crippen molar-refractivity contribution >= 4 is 18.2 Å². The molecule has 14 aliphatic rings. The minimum atomic E-state index is -2.23. The van der Waals surface area contributed by atoms with Gasteiger partial charge in [-0.15, -0.1) is 0 Å². The van der Waals surface area contributed by atoms with E-state index in [9.17, 15) is 127 Å². The summed E-state index contributed by atoms with van der Waals surface area (Å²) in [5.41, 5.74) is -7.37. The fourth-order valence-electron chi connectivity index (χ4n) is 24.5. The number of hydrogen-bond donors (Lipinski definition) is 24. The second-order valence-electron chi connectivity index (χ2n) is 42.2. The number of amides is 1. The molecule has 4 saturated carbocycles. The number of ether oxygens (including phenoxy) is 18.